The number of aromatic carboxylic acids is 1. The minimum absolute atomic E-state index is 0.206. The summed E-state index contributed by atoms with van der Waals surface area (Å²) in [5, 5.41) is 8.94. The second-order valence-corrected chi connectivity index (χ2v) is 3.17. The van der Waals surface area contributed by atoms with Crippen LogP contribution in [0.1, 0.15) is 10.4 Å². The van der Waals surface area contributed by atoms with Crippen molar-refractivity contribution in [1.29, 1.82) is 0 Å². The number of aromatic nitrogens is 2. The molecule has 0 fully saturated rings. The summed E-state index contributed by atoms with van der Waals surface area (Å²) in [7, 11) is 1.55. The van der Waals surface area contributed by atoms with Gasteiger partial charge in [0.1, 0.15) is 5.75 Å². The SMILES string of the molecule is COc1ccc(-c2c[nH]cc2C(=O)O)nc1. The second kappa shape index (κ2) is 4.06. The van der Waals surface area contributed by atoms with Crippen LogP contribution in [-0.4, -0.2) is 28.2 Å². The summed E-state index contributed by atoms with van der Waals surface area (Å²) in [6.07, 6.45) is 4.59. The van der Waals surface area contributed by atoms with Crippen LogP contribution in [-0.2, 0) is 0 Å². The monoisotopic (exact) mass is 218 g/mol. The van der Waals surface area contributed by atoms with E-state index in [1.54, 1.807) is 31.6 Å². The predicted molar refractivity (Wildman–Crippen MR) is 57.5 cm³/mol. The molecule has 2 rings (SSSR count). The number of H-pyrrole nitrogens is 1. The third kappa shape index (κ3) is 1.75. The van der Waals surface area contributed by atoms with E-state index < -0.39 is 5.97 Å². The van der Waals surface area contributed by atoms with Gasteiger partial charge in [0.05, 0.1) is 24.6 Å². The molecule has 5 heteroatoms. The maximum atomic E-state index is 10.9. The lowest BCUT2D eigenvalue weighted by Crippen LogP contribution is -1.96. The van der Waals surface area contributed by atoms with Crippen LogP contribution in [0.25, 0.3) is 11.3 Å². The minimum Gasteiger partial charge on any atom is -0.495 e. The number of carboxylic acid groups (broad SMARTS) is 1. The average Bonchev–Trinajstić information content (AvgIpc) is 2.78. The first-order chi connectivity index (χ1) is 7.72. The Hall–Kier alpha value is -2.30. The number of nitrogens with one attached hydrogen (secondary N) is 1. The molecule has 2 aromatic rings. The van der Waals surface area contributed by atoms with Gasteiger partial charge in [-0.05, 0) is 12.1 Å². The average molecular weight is 218 g/mol. The molecule has 5 nitrogen and oxygen atoms in total. The molecule has 0 amide bonds. The molecule has 0 atom stereocenters. The van der Waals surface area contributed by atoms with Gasteiger partial charge in [-0.2, -0.15) is 0 Å². The molecule has 2 N–H and O–H groups in total. The van der Waals surface area contributed by atoms with Crippen molar-refractivity contribution < 1.29 is 14.6 Å². The van der Waals surface area contributed by atoms with Crippen molar-refractivity contribution in [2.75, 3.05) is 7.11 Å². The Labute approximate surface area is 91.7 Å². The smallest absolute Gasteiger partial charge is 0.337 e. The second-order valence-electron chi connectivity index (χ2n) is 3.17. The molecule has 82 valence electrons. The molecular formula is C11H10N2O3. The zero-order chi connectivity index (χ0) is 11.5. The zero-order valence-electron chi connectivity index (χ0n) is 8.60. The number of hydrogen-bond acceptors (Lipinski definition) is 3. The van der Waals surface area contributed by atoms with E-state index in [9.17, 15) is 4.79 Å². The molecule has 16 heavy (non-hydrogen) atoms. The minimum atomic E-state index is -0.978. The molecule has 0 spiro atoms. The molecule has 0 radical (unpaired) electrons. The molecule has 2 heterocycles. The van der Waals surface area contributed by atoms with Crippen LogP contribution >= 0.6 is 0 Å². The molecule has 0 saturated carbocycles. The Bertz CT molecular complexity index is 502. The van der Waals surface area contributed by atoms with Crippen LogP contribution in [0.3, 0.4) is 0 Å². The summed E-state index contributed by atoms with van der Waals surface area (Å²) < 4.78 is 4.98. The lowest BCUT2D eigenvalue weighted by atomic mass is 10.1. The van der Waals surface area contributed by atoms with Gasteiger partial charge >= 0.3 is 5.97 Å². The van der Waals surface area contributed by atoms with Crippen LogP contribution < -0.4 is 4.74 Å². The third-order valence-electron chi connectivity index (χ3n) is 2.22. The van der Waals surface area contributed by atoms with E-state index in [0.29, 0.717) is 17.0 Å². The number of aromatic amines is 1. The summed E-state index contributed by atoms with van der Waals surface area (Å²) >= 11 is 0. The number of pyridine rings is 1. The van der Waals surface area contributed by atoms with Crippen molar-refractivity contribution in [3.63, 3.8) is 0 Å². The molecule has 0 aliphatic rings. The Morgan fingerprint density at radius 2 is 2.25 bits per heavy atom. The number of nitrogens with zero attached hydrogens (tertiary/aromatic N) is 1. The first-order valence-corrected chi connectivity index (χ1v) is 4.63. The maximum absolute atomic E-state index is 10.9. The molecule has 0 saturated heterocycles. The fourth-order valence-electron chi connectivity index (χ4n) is 1.41. The Morgan fingerprint density at radius 3 is 2.81 bits per heavy atom. The number of carbonyl (C=O) groups is 1. The molecule has 0 aliphatic heterocycles. The highest BCUT2D eigenvalue weighted by Gasteiger charge is 2.13. The van der Waals surface area contributed by atoms with E-state index in [4.69, 9.17) is 9.84 Å². The van der Waals surface area contributed by atoms with E-state index in [1.807, 2.05) is 0 Å². The van der Waals surface area contributed by atoms with Gasteiger partial charge < -0.3 is 14.8 Å². The summed E-state index contributed by atoms with van der Waals surface area (Å²) in [5.41, 5.74) is 1.37. The number of methoxy groups -OCH3 is 1. The lowest BCUT2D eigenvalue weighted by Gasteiger charge is -2.01. The van der Waals surface area contributed by atoms with Gasteiger partial charge in [-0.25, -0.2) is 4.79 Å². The maximum Gasteiger partial charge on any atom is 0.337 e. The van der Waals surface area contributed by atoms with Gasteiger partial charge in [-0.15, -0.1) is 0 Å². The van der Waals surface area contributed by atoms with Gasteiger partial charge in [0, 0.05) is 18.0 Å². The van der Waals surface area contributed by atoms with Crippen LogP contribution in [0.2, 0.25) is 0 Å². The third-order valence-corrected chi connectivity index (χ3v) is 2.22. The van der Waals surface area contributed by atoms with Gasteiger partial charge in [0.25, 0.3) is 0 Å². The molecule has 0 aliphatic carbocycles. The van der Waals surface area contributed by atoms with Gasteiger partial charge in [0.2, 0.25) is 0 Å². The predicted octanol–water partition coefficient (Wildman–Crippen LogP) is 1.78. The quantitative estimate of drug-likeness (QED) is 0.823. The molecule has 2 aromatic heterocycles. The largest absolute Gasteiger partial charge is 0.495 e. The Morgan fingerprint density at radius 1 is 1.44 bits per heavy atom. The van der Waals surface area contributed by atoms with E-state index in [-0.39, 0.29) is 5.56 Å². The number of carboxylic acids is 1. The van der Waals surface area contributed by atoms with Gasteiger partial charge in [-0.1, -0.05) is 0 Å². The summed E-state index contributed by atoms with van der Waals surface area (Å²) in [6, 6.07) is 3.45. The molecule has 0 unspecified atom stereocenters. The van der Waals surface area contributed by atoms with Crippen LogP contribution in [0.15, 0.2) is 30.7 Å². The zero-order valence-corrected chi connectivity index (χ0v) is 8.60. The van der Waals surface area contributed by atoms with Crippen LogP contribution in [0.4, 0.5) is 0 Å². The fourth-order valence-corrected chi connectivity index (χ4v) is 1.41. The van der Waals surface area contributed by atoms with Crippen molar-refractivity contribution in [2.24, 2.45) is 0 Å². The first-order valence-electron chi connectivity index (χ1n) is 4.63. The van der Waals surface area contributed by atoms with Crippen molar-refractivity contribution in [3.05, 3.63) is 36.3 Å². The standard InChI is InChI=1S/C11H10N2O3/c1-16-7-2-3-10(13-4-7)8-5-12-6-9(8)11(14)15/h2-6,12H,1H3,(H,14,15). The van der Waals surface area contributed by atoms with Crippen molar-refractivity contribution in [3.8, 4) is 17.0 Å². The molecular weight excluding hydrogens is 208 g/mol. The topological polar surface area (TPSA) is 75.2 Å². The number of hydrogen-bond donors (Lipinski definition) is 2. The Kier molecular flexibility index (Phi) is 2.59. The van der Waals surface area contributed by atoms with Crippen LogP contribution in [0, 0.1) is 0 Å². The van der Waals surface area contributed by atoms with Crippen molar-refractivity contribution >= 4 is 5.97 Å². The van der Waals surface area contributed by atoms with Crippen molar-refractivity contribution in [2.45, 2.75) is 0 Å². The Balaban J connectivity index is 2.42. The lowest BCUT2D eigenvalue weighted by molar-refractivity contribution is 0.0698. The highest BCUT2D eigenvalue weighted by molar-refractivity contribution is 5.95. The van der Waals surface area contributed by atoms with E-state index in [2.05, 4.69) is 9.97 Å². The summed E-state index contributed by atoms with van der Waals surface area (Å²) in [6.45, 7) is 0. The highest BCUT2D eigenvalue weighted by Crippen LogP contribution is 2.22. The van der Waals surface area contributed by atoms with Crippen LogP contribution in [0.5, 0.6) is 5.75 Å². The number of ether oxygens (including phenoxy) is 1. The molecule has 0 aromatic carbocycles. The molecule has 0 bridgehead atoms. The highest BCUT2D eigenvalue weighted by atomic mass is 16.5. The van der Waals surface area contributed by atoms with E-state index >= 15 is 0 Å². The normalized spacial score (nSPS) is 10.1. The summed E-state index contributed by atoms with van der Waals surface area (Å²) in [5.74, 6) is -0.343. The first kappa shape index (κ1) is 10.2. The fraction of sp³-hybridized carbons (Fsp3) is 0.0909. The van der Waals surface area contributed by atoms with Gasteiger partial charge in [-0.3, -0.25) is 4.98 Å². The summed E-state index contributed by atoms with van der Waals surface area (Å²) in [4.78, 5) is 17.8. The van der Waals surface area contributed by atoms with Gasteiger partial charge in [0.15, 0.2) is 0 Å². The van der Waals surface area contributed by atoms with Crippen molar-refractivity contribution in [1.82, 2.24) is 9.97 Å². The van der Waals surface area contributed by atoms with E-state index in [1.165, 1.54) is 6.20 Å². The number of rotatable bonds is 3. The van der Waals surface area contributed by atoms with E-state index in [0.717, 1.165) is 0 Å².